The smallest absolute Gasteiger partial charge is 0.0588 e. The third kappa shape index (κ3) is 3.26. The van der Waals surface area contributed by atoms with Gasteiger partial charge in [0.2, 0.25) is 0 Å². The lowest BCUT2D eigenvalue weighted by atomic mass is 9.73. The zero-order chi connectivity index (χ0) is 12.5. The van der Waals surface area contributed by atoms with Crippen molar-refractivity contribution in [2.24, 2.45) is 11.3 Å². The van der Waals surface area contributed by atoms with Crippen molar-refractivity contribution in [1.82, 2.24) is 0 Å². The second-order valence-electron chi connectivity index (χ2n) is 6.45. The summed E-state index contributed by atoms with van der Waals surface area (Å²) >= 11 is 4.37. The molecule has 2 rings (SSSR count). The average molecular weight is 271 g/mol. The Hall–Kier alpha value is 0.440. The maximum Gasteiger partial charge on any atom is 0.0588 e. The normalized spacial score (nSPS) is 29.6. The minimum atomic E-state index is 0.430. The molecule has 0 aromatic rings. The molecular weight excluding hydrogens is 244 g/mol. The van der Waals surface area contributed by atoms with Crippen molar-refractivity contribution in [3.05, 3.63) is 12.2 Å². The molecule has 0 aromatic heterocycles. The van der Waals surface area contributed by atoms with Crippen LogP contribution in [0.4, 0.5) is 0 Å². The van der Waals surface area contributed by atoms with Gasteiger partial charge < -0.3 is 0 Å². The van der Waals surface area contributed by atoms with Crippen LogP contribution in [0.1, 0.15) is 52.9 Å². The molecule has 98 valence electrons. The first-order valence-corrected chi connectivity index (χ1v) is 8.86. The van der Waals surface area contributed by atoms with E-state index >= 15 is 0 Å². The Bertz CT molecular complexity index is 287. The summed E-state index contributed by atoms with van der Waals surface area (Å²) in [6.45, 7) is 11.7. The van der Waals surface area contributed by atoms with Gasteiger partial charge in [0.05, 0.1) is 4.08 Å². The van der Waals surface area contributed by atoms with Gasteiger partial charge in [0.25, 0.3) is 0 Å². The molecule has 0 nitrogen and oxygen atoms in total. The van der Waals surface area contributed by atoms with E-state index in [0.29, 0.717) is 9.49 Å². The molecule has 2 fully saturated rings. The van der Waals surface area contributed by atoms with Crippen LogP contribution in [0.3, 0.4) is 0 Å². The lowest BCUT2D eigenvalue weighted by molar-refractivity contribution is 0.227. The molecule has 2 heteroatoms. The Morgan fingerprint density at radius 2 is 1.94 bits per heavy atom. The number of thioether (sulfide) groups is 2. The van der Waals surface area contributed by atoms with Gasteiger partial charge in [-0.3, -0.25) is 0 Å². The minimum absolute atomic E-state index is 0.430. The summed E-state index contributed by atoms with van der Waals surface area (Å²) in [6.07, 6.45) is 6.73. The van der Waals surface area contributed by atoms with Gasteiger partial charge in [0.1, 0.15) is 0 Å². The number of hydrogen-bond donors (Lipinski definition) is 0. The van der Waals surface area contributed by atoms with Crippen molar-refractivity contribution in [2.45, 2.75) is 57.0 Å². The molecule has 0 amide bonds. The third-order valence-corrected chi connectivity index (χ3v) is 7.51. The van der Waals surface area contributed by atoms with Crippen LogP contribution in [-0.4, -0.2) is 15.6 Å². The fourth-order valence-electron chi connectivity index (χ4n) is 3.58. The maximum absolute atomic E-state index is 4.30. The number of hydrogen-bond acceptors (Lipinski definition) is 2. The summed E-state index contributed by atoms with van der Waals surface area (Å²) in [4.78, 5) is 0. The number of allylic oxidation sites excluding steroid dienone is 1. The Morgan fingerprint density at radius 1 is 1.29 bits per heavy atom. The molecule has 1 saturated carbocycles. The van der Waals surface area contributed by atoms with Crippen LogP contribution in [0.2, 0.25) is 0 Å². The molecule has 2 aliphatic rings. The van der Waals surface area contributed by atoms with Gasteiger partial charge >= 0.3 is 0 Å². The van der Waals surface area contributed by atoms with Crippen LogP contribution in [0.5, 0.6) is 0 Å². The van der Waals surface area contributed by atoms with E-state index in [1.807, 2.05) is 0 Å². The van der Waals surface area contributed by atoms with Gasteiger partial charge in [-0.1, -0.05) is 26.0 Å². The van der Waals surface area contributed by atoms with Crippen molar-refractivity contribution in [2.75, 3.05) is 11.5 Å². The van der Waals surface area contributed by atoms with Crippen LogP contribution >= 0.6 is 23.5 Å². The van der Waals surface area contributed by atoms with Gasteiger partial charge in [0.15, 0.2) is 0 Å². The van der Waals surface area contributed by atoms with Crippen LogP contribution in [0, 0.1) is 11.3 Å². The van der Waals surface area contributed by atoms with Crippen molar-refractivity contribution >= 4 is 23.5 Å². The monoisotopic (exact) mass is 270 g/mol. The van der Waals surface area contributed by atoms with Crippen molar-refractivity contribution in [3.63, 3.8) is 0 Å². The first kappa shape index (κ1) is 13.9. The quantitative estimate of drug-likeness (QED) is 0.634. The van der Waals surface area contributed by atoms with Crippen molar-refractivity contribution < 1.29 is 0 Å². The molecule has 0 radical (unpaired) electrons. The van der Waals surface area contributed by atoms with E-state index in [9.17, 15) is 0 Å². The van der Waals surface area contributed by atoms with Gasteiger partial charge in [0, 0.05) is 0 Å². The SMILES string of the molecule is C=C1CCCC1C(C)(C)CC1(C)SCCCS1. The Balaban J connectivity index is 2.02. The zero-order valence-corrected chi connectivity index (χ0v) is 13.2. The van der Waals surface area contributed by atoms with Crippen molar-refractivity contribution in [3.8, 4) is 0 Å². The summed E-state index contributed by atoms with van der Waals surface area (Å²) in [5, 5.41) is 0. The second-order valence-corrected chi connectivity index (χ2v) is 9.91. The lowest BCUT2D eigenvalue weighted by Gasteiger charge is -2.42. The highest BCUT2D eigenvalue weighted by molar-refractivity contribution is 8.18. The summed E-state index contributed by atoms with van der Waals surface area (Å²) < 4.78 is 0.449. The van der Waals surface area contributed by atoms with Gasteiger partial charge in [-0.15, -0.1) is 23.5 Å². The summed E-state index contributed by atoms with van der Waals surface area (Å²) in [7, 11) is 0. The van der Waals surface area contributed by atoms with Crippen molar-refractivity contribution in [1.29, 1.82) is 0 Å². The lowest BCUT2D eigenvalue weighted by Crippen LogP contribution is -2.33. The van der Waals surface area contributed by atoms with E-state index in [1.54, 1.807) is 0 Å². The van der Waals surface area contributed by atoms with Crippen LogP contribution in [0.15, 0.2) is 12.2 Å². The second kappa shape index (κ2) is 5.21. The predicted molar refractivity (Wildman–Crippen MR) is 82.8 cm³/mol. The van der Waals surface area contributed by atoms with Crippen LogP contribution in [0.25, 0.3) is 0 Å². The molecule has 1 unspecified atom stereocenters. The molecule has 1 atom stereocenters. The maximum atomic E-state index is 4.30. The van der Waals surface area contributed by atoms with Gasteiger partial charge in [-0.05, 0) is 61.9 Å². The summed E-state index contributed by atoms with van der Waals surface area (Å²) in [6, 6.07) is 0. The molecule has 0 N–H and O–H groups in total. The molecule has 0 aromatic carbocycles. The van der Waals surface area contributed by atoms with Crippen LogP contribution in [-0.2, 0) is 0 Å². The highest BCUT2D eigenvalue weighted by atomic mass is 32.2. The van der Waals surface area contributed by atoms with E-state index in [2.05, 4.69) is 50.9 Å². The third-order valence-electron chi connectivity index (χ3n) is 4.31. The molecule has 1 saturated heterocycles. The first-order chi connectivity index (χ1) is 7.93. The molecule has 1 heterocycles. The Morgan fingerprint density at radius 3 is 2.47 bits per heavy atom. The van der Waals surface area contributed by atoms with Crippen LogP contribution < -0.4 is 0 Å². The molecule has 0 bridgehead atoms. The standard InChI is InChI=1S/C15H26S2/c1-12-7-5-8-13(12)14(2,3)11-15(4)16-9-6-10-17-15/h13H,1,5-11H2,2-4H3. The largest absolute Gasteiger partial charge is 0.144 e. The minimum Gasteiger partial charge on any atom is -0.144 e. The molecule has 1 aliphatic heterocycles. The number of rotatable bonds is 3. The fourth-order valence-corrected chi connectivity index (χ4v) is 6.99. The van der Waals surface area contributed by atoms with Gasteiger partial charge in [-0.2, -0.15) is 0 Å². The topological polar surface area (TPSA) is 0 Å². The van der Waals surface area contributed by atoms with E-state index in [4.69, 9.17) is 0 Å². The molecule has 17 heavy (non-hydrogen) atoms. The van der Waals surface area contributed by atoms with Gasteiger partial charge in [-0.25, -0.2) is 0 Å². The molecular formula is C15H26S2. The fraction of sp³-hybridized carbons (Fsp3) is 0.867. The highest BCUT2D eigenvalue weighted by Gasteiger charge is 2.41. The molecule has 1 aliphatic carbocycles. The molecule has 0 spiro atoms. The zero-order valence-electron chi connectivity index (χ0n) is 11.6. The van der Waals surface area contributed by atoms with E-state index in [0.717, 1.165) is 5.92 Å². The predicted octanol–water partition coefficient (Wildman–Crippen LogP) is 5.35. The van der Waals surface area contributed by atoms with E-state index in [-0.39, 0.29) is 0 Å². The first-order valence-electron chi connectivity index (χ1n) is 6.89. The van der Waals surface area contributed by atoms with E-state index in [1.165, 1.54) is 49.2 Å². The Labute approximate surface area is 115 Å². The average Bonchev–Trinajstić information content (AvgIpc) is 2.64. The summed E-state index contributed by atoms with van der Waals surface area (Å²) in [5.41, 5.74) is 1.95. The summed E-state index contributed by atoms with van der Waals surface area (Å²) in [5.74, 6) is 3.47. The Kier molecular flexibility index (Phi) is 4.24. The van der Waals surface area contributed by atoms with E-state index < -0.39 is 0 Å². The highest BCUT2D eigenvalue weighted by Crippen LogP contribution is 2.53.